The number of halogens is 1. The number of anilines is 1. The van der Waals surface area contributed by atoms with Gasteiger partial charge < -0.3 is 14.5 Å². The van der Waals surface area contributed by atoms with E-state index in [1.54, 1.807) is 11.0 Å². The monoisotopic (exact) mass is 295 g/mol. The first-order valence-corrected chi connectivity index (χ1v) is 7.12. The molecule has 0 aromatic carbocycles. The Kier molecular flexibility index (Phi) is 4.34. The number of hydrogen-bond acceptors (Lipinski definition) is 4. The molecule has 0 bridgehead atoms. The summed E-state index contributed by atoms with van der Waals surface area (Å²) in [6, 6.07) is 3.08. The summed E-state index contributed by atoms with van der Waals surface area (Å²) in [5.74, 6) is 0.0326. The van der Waals surface area contributed by atoms with Crippen LogP contribution < -0.4 is 4.90 Å². The topological polar surface area (TPSA) is 45.7 Å². The van der Waals surface area contributed by atoms with Crippen molar-refractivity contribution in [2.24, 2.45) is 0 Å². The Morgan fingerprint density at radius 1 is 1.24 bits per heavy atom. The molecular weight excluding hydrogens is 273 g/mol. The average Bonchev–Trinajstić information content (AvgIpc) is 2.40. The van der Waals surface area contributed by atoms with Crippen LogP contribution in [-0.2, 0) is 4.74 Å². The van der Waals surface area contributed by atoms with E-state index in [4.69, 9.17) is 4.74 Å². The summed E-state index contributed by atoms with van der Waals surface area (Å²) in [6.45, 7) is 9.46. The van der Waals surface area contributed by atoms with Crippen LogP contribution in [0.2, 0.25) is 0 Å². The Morgan fingerprint density at radius 3 is 2.43 bits per heavy atom. The van der Waals surface area contributed by atoms with Crippen molar-refractivity contribution in [3.8, 4) is 0 Å². The van der Waals surface area contributed by atoms with Crippen LogP contribution >= 0.6 is 0 Å². The Hall–Kier alpha value is -1.85. The number of rotatable bonds is 1. The van der Waals surface area contributed by atoms with E-state index in [-0.39, 0.29) is 11.9 Å². The largest absolute Gasteiger partial charge is 0.444 e. The van der Waals surface area contributed by atoms with Crippen molar-refractivity contribution < 1.29 is 13.9 Å². The molecule has 116 valence electrons. The molecule has 0 saturated carbocycles. The van der Waals surface area contributed by atoms with E-state index in [0.29, 0.717) is 32.0 Å². The van der Waals surface area contributed by atoms with Gasteiger partial charge in [0.25, 0.3) is 0 Å². The zero-order valence-corrected chi connectivity index (χ0v) is 13.0. The number of aromatic nitrogens is 1. The number of nitrogens with zero attached hydrogens (tertiary/aromatic N) is 3. The molecule has 1 saturated heterocycles. The first-order chi connectivity index (χ1) is 9.76. The molecule has 2 heterocycles. The van der Waals surface area contributed by atoms with Crippen molar-refractivity contribution in [3.63, 3.8) is 0 Å². The van der Waals surface area contributed by atoms with Gasteiger partial charge in [-0.25, -0.2) is 14.2 Å². The standard InChI is InChI=1S/C15H22FN3O2/c1-11-5-6-12(16)13(17-11)18-7-9-19(10-8-18)14(20)21-15(2,3)4/h5-6H,7-10H2,1-4H3. The molecule has 1 aliphatic heterocycles. The van der Waals surface area contributed by atoms with E-state index in [1.807, 2.05) is 32.6 Å². The lowest BCUT2D eigenvalue weighted by Crippen LogP contribution is -2.50. The van der Waals surface area contributed by atoms with E-state index >= 15 is 0 Å². The molecule has 0 atom stereocenters. The molecule has 1 aromatic rings. The van der Waals surface area contributed by atoms with E-state index in [0.717, 1.165) is 5.69 Å². The van der Waals surface area contributed by atoms with Crippen LogP contribution in [0.25, 0.3) is 0 Å². The molecule has 6 heteroatoms. The van der Waals surface area contributed by atoms with Gasteiger partial charge in [-0.05, 0) is 39.8 Å². The van der Waals surface area contributed by atoms with Crippen molar-refractivity contribution in [1.29, 1.82) is 0 Å². The zero-order valence-electron chi connectivity index (χ0n) is 13.0. The molecule has 0 N–H and O–H groups in total. The molecule has 1 aromatic heterocycles. The predicted octanol–water partition coefficient (Wildman–Crippen LogP) is 2.59. The fourth-order valence-corrected chi connectivity index (χ4v) is 2.18. The highest BCUT2D eigenvalue weighted by atomic mass is 19.1. The number of carbonyl (C=O) groups excluding carboxylic acids is 1. The molecule has 2 rings (SSSR count). The van der Waals surface area contributed by atoms with Crippen molar-refractivity contribution in [3.05, 3.63) is 23.6 Å². The van der Waals surface area contributed by atoms with Crippen LogP contribution in [0.4, 0.5) is 15.0 Å². The van der Waals surface area contributed by atoms with Gasteiger partial charge in [-0.2, -0.15) is 0 Å². The number of carbonyl (C=O) groups is 1. The van der Waals surface area contributed by atoms with Crippen LogP contribution in [0.5, 0.6) is 0 Å². The van der Waals surface area contributed by atoms with Crippen LogP contribution in [0.1, 0.15) is 26.5 Å². The van der Waals surface area contributed by atoms with Crippen molar-refractivity contribution in [2.75, 3.05) is 31.1 Å². The lowest BCUT2D eigenvalue weighted by Gasteiger charge is -2.36. The number of aryl methyl sites for hydroxylation is 1. The highest BCUT2D eigenvalue weighted by Gasteiger charge is 2.27. The number of amides is 1. The number of piperazine rings is 1. The quantitative estimate of drug-likeness (QED) is 0.799. The molecule has 0 spiro atoms. The zero-order chi connectivity index (χ0) is 15.6. The Balaban J connectivity index is 1.97. The fraction of sp³-hybridized carbons (Fsp3) is 0.600. The van der Waals surface area contributed by atoms with Gasteiger partial charge in [0.05, 0.1) is 0 Å². The lowest BCUT2D eigenvalue weighted by atomic mass is 10.2. The fourth-order valence-electron chi connectivity index (χ4n) is 2.18. The van der Waals surface area contributed by atoms with Gasteiger partial charge in [-0.1, -0.05) is 0 Å². The Bertz CT molecular complexity index is 520. The van der Waals surface area contributed by atoms with Crippen molar-refractivity contribution in [1.82, 2.24) is 9.88 Å². The van der Waals surface area contributed by atoms with Crippen LogP contribution in [0.15, 0.2) is 12.1 Å². The maximum atomic E-state index is 13.8. The minimum atomic E-state index is -0.502. The minimum absolute atomic E-state index is 0.320. The summed E-state index contributed by atoms with van der Waals surface area (Å²) >= 11 is 0. The summed E-state index contributed by atoms with van der Waals surface area (Å²) in [5, 5.41) is 0. The van der Waals surface area contributed by atoms with Gasteiger partial charge in [0.1, 0.15) is 5.60 Å². The molecule has 0 unspecified atom stereocenters. The molecular formula is C15H22FN3O2. The molecule has 21 heavy (non-hydrogen) atoms. The summed E-state index contributed by atoms with van der Waals surface area (Å²) in [6.07, 6.45) is -0.320. The van der Waals surface area contributed by atoms with E-state index < -0.39 is 5.60 Å². The minimum Gasteiger partial charge on any atom is -0.444 e. The second kappa shape index (κ2) is 5.87. The van der Waals surface area contributed by atoms with Crippen LogP contribution in [0.3, 0.4) is 0 Å². The van der Waals surface area contributed by atoms with E-state index in [9.17, 15) is 9.18 Å². The summed E-state index contributed by atoms with van der Waals surface area (Å²) in [7, 11) is 0. The smallest absolute Gasteiger partial charge is 0.410 e. The molecule has 0 radical (unpaired) electrons. The van der Waals surface area contributed by atoms with Gasteiger partial charge in [-0.3, -0.25) is 0 Å². The second-order valence-corrected chi connectivity index (χ2v) is 6.21. The van der Waals surface area contributed by atoms with Crippen LogP contribution in [0, 0.1) is 12.7 Å². The summed E-state index contributed by atoms with van der Waals surface area (Å²) in [5.41, 5.74) is 0.277. The van der Waals surface area contributed by atoms with Gasteiger partial charge in [0, 0.05) is 31.9 Å². The first kappa shape index (κ1) is 15.5. The summed E-state index contributed by atoms with van der Waals surface area (Å²) in [4.78, 5) is 19.7. The van der Waals surface area contributed by atoms with E-state index in [2.05, 4.69) is 4.98 Å². The molecule has 1 aliphatic rings. The SMILES string of the molecule is Cc1ccc(F)c(N2CCN(C(=O)OC(C)(C)C)CC2)n1. The van der Waals surface area contributed by atoms with Crippen molar-refractivity contribution >= 4 is 11.9 Å². The van der Waals surface area contributed by atoms with E-state index in [1.165, 1.54) is 6.07 Å². The highest BCUT2D eigenvalue weighted by molar-refractivity contribution is 5.68. The first-order valence-electron chi connectivity index (χ1n) is 7.12. The maximum absolute atomic E-state index is 13.8. The Labute approximate surface area is 124 Å². The third kappa shape index (κ3) is 4.06. The third-order valence-electron chi connectivity index (χ3n) is 3.20. The highest BCUT2D eigenvalue weighted by Crippen LogP contribution is 2.19. The average molecular weight is 295 g/mol. The molecule has 1 fully saturated rings. The van der Waals surface area contributed by atoms with Gasteiger partial charge in [0.2, 0.25) is 0 Å². The van der Waals surface area contributed by atoms with Crippen LogP contribution in [-0.4, -0.2) is 47.8 Å². The van der Waals surface area contributed by atoms with Crippen molar-refractivity contribution in [2.45, 2.75) is 33.3 Å². The van der Waals surface area contributed by atoms with Gasteiger partial charge >= 0.3 is 6.09 Å². The maximum Gasteiger partial charge on any atom is 0.410 e. The molecule has 1 amide bonds. The molecule has 0 aliphatic carbocycles. The third-order valence-corrected chi connectivity index (χ3v) is 3.20. The summed E-state index contributed by atoms with van der Waals surface area (Å²) < 4.78 is 19.2. The predicted molar refractivity (Wildman–Crippen MR) is 79.0 cm³/mol. The number of hydrogen-bond donors (Lipinski definition) is 0. The Morgan fingerprint density at radius 2 is 1.86 bits per heavy atom. The molecule has 5 nitrogen and oxygen atoms in total. The number of pyridine rings is 1. The number of ether oxygens (including phenoxy) is 1. The van der Waals surface area contributed by atoms with Gasteiger partial charge in [-0.15, -0.1) is 0 Å². The van der Waals surface area contributed by atoms with Gasteiger partial charge in [0.15, 0.2) is 11.6 Å². The second-order valence-electron chi connectivity index (χ2n) is 6.21. The normalized spacial score (nSPS) is 16.0. The lowest BCUT2D eigenvalue weighted by molar-refractivity contribution is 0.0240.